The monoisotopic (exact) mass is 349 g/mol. The Morgan fingerprint density at radius 2 is 2.23 bits per heavy atom. The maximum absolute atomic E-state index is 5.43. The Bertz CT molecular complexity index is 1080. The molecule has 0 aliphatic carbocycles. The predicted octanol–water partition coefficient (Wildman–Crippen LogP) is 2.86. The number of aryl methyl sites for hydroxylation is 1. The molecule has 1 atom stereocenters. The van der Waals surface area contributed by atoms with Gasteiger partial charge in [0.15, 0.2) is 5.65 Å². The Morgan fingerprint density at radius 1 is 1.27 bits per heavy atom. The van der Waals surface area contributed by atoms with Gasteiger partial charge in [-0.15, -0.1) is 5.10 Å². The molecule has 5 rings (SSSR count). The Labute approximate surface area is 149 Å². The van der Waals surface area contributed by atoms with E-state index in [1.54, 1.807) is 0 Å². The van der Waals surface area contributed by atoms with E-state index >= 15 is 0 Å². The molecule has 8 nitrogen and oxygen atoms in total. The minimum absolute atomic E-state index is 0.312. The molecule has 1 aliphatic rings. The van der Waals surface area contributed by atoms with Crippen LogP contribution in [-0.2, 0) is 4.74 Å². The van der Waals surface area contributed by atoms with Crippen LogP contribution in [-0.4, -0.2) is 44.1 Å². The third-order valence-corrected chi connectivity index (χ3v) is 4.65. The fraction of sp³-hybridized carbons (Fsp3) is 0.278. The lowest BCUT2D eigenvalue weighted by Gasteiger charge is -2.12. The van der Waals surface area contributed by atoms with Gasteiger partial charge in [-0.2, -0.15) is 14.6 Å². The van der Waals surface area contributed by atoms with Gasteiger partial charge in [-0.3, -0.25) is 5.10 Å². The molecule has 0 spiro atoms. The fourth-order valence-electron chi connectivity index (χ4n) is 3.29. The molecule has 132 valence electrons. The van der Waals surface area contributed by atoms with Crippen LogP contribution < -0.4 is 10.6 Å². The number of nitrogens with one attached hydrogen (secondary N) is 3. The number of benzene rings is 1. The van der Waals surface area contributed by atoms with Crippen LogP contribution in [0.2, 0.25) is 0 Å². The first-order valence-corrected chi connectivity index (χ1v) is 8.68. The quantitative estimate of drug-likeness (QED) is 0.525. The molecule has 3 aromatic heterocycles. The summed E-state index contributed by atoms with van der Waals surface area (Å²) in [6.45, 7) is 3.51. The summed E-state index contributed by atoms with van der Waals surface area (Å²) >= 11 is 0. The average molecular weight is 349 g/mol. The van der Waals surface area contributed by atoms with Gasteiger partial charge >= 0.3 is 0 Å². The van der Waals surface area contributed by atoms with Crippen molar-refractivity contribution >= 4 is 34.0 Å². The van der Waals surface area contributed by atoms with E-state index in [-0.39, 0.29) is 0 Å². The van der Waals surface area contributed by atoms with Gasteiger partial charge in [0.2, 0.25) is 5.95 Å². The van der Waals surface area contributed by atoms with E-state index in [1.807, 2.05) is 47.8 Å². The standard InChI is InChI=1S/C18H19N7O/c1-11-14-6-5-12(9-15(14)23-22-11)20-18-21-17-4-2-3-16(25(17)24-18)19-13-7-8-26-10-13/h2-6,9,13,19H,7-8,10H2,1H3,(H,20,24)(H,22,23). The van der Waals surface area contributed by atoms with Gasteiger partial charge in [-0.1, -0.05) is 6.07 Å². The highest BCUT2D eigenvalue weighted by Gasteiger charge is 2.17. The van der Waals surface area contributed by atoms with Crippen LogP contribution in [0.25, 0.3) is 16.6 Å². The molecule has 1 fully saturated rings. The average Bonchev–Trinajstić information content (AvgIpc) is 3.36. The Morgan fingerprint density at radius 3 is 3.12 bits per heavy atom. The largest absolute Gasteiger partial charge is 0.379 e. The van der Waals surface area contributed by atoms with Gasteiger partial charge in [-0.05, 0) is 43.7 Å². The lowest BCUT2D eigenvalue weighted by atomic mass is 10.2. The number of fused-ring (bicyclic) bond motifs is 2. The number of aromatic amines is 1. The van der Waals surface area contributed by atoms with Crippen molar-refractivity contribution < 1.29 is 4.74 Å². The molecule has 1 saturated heterocycles. The molecular weight excluding hydrogens is 330 g/mol. The molecule has 8 heteroatoms. The lowest BCUT2D eigenvalue weighted by molar-refractivity contribution is 0.195. The van der Waals surface area contributed by atoms with Crippen molar-refractivity contribution in [2.24, 2.45) is 0 Å². The summed E-state index contributed by atoms with van der Waals surface area (Å²) in [6, 6.07) is 12.3. The van der Waals surface area contributed by atoms with Crippen molar-refractivity contribution in [1.82, 2.24) is 24.8 Å². The van der Waals surface area contributed by atoms with E-state index in [0.717, 1.165) is 53.4 Å². The van der Waals surface area contributed by atoms with E-state index < -0.39 is 0 Å². The van der Waals surface area contributed by atoms with Crippen LogP contribution in [0.15, 0.2) is 36.4 Å². The highest BCUT2D eigenvalue weighted by molar-refractivity contribution is 5.85. The lowest BCUT2D eigenvalue weighted by Crippen LogP contribution is -2.20. The summed E-state index contributed by atoms with van der Waals surface area (Å²) in [6.07, 6.45) is 1.000. The number of aromatic nitrogens is 5. The molecule has 0 saturated carbocycles. The second-order valence-electron chi connectivity index (χ2n) is 6.52. The van der Waals surface area contributed by atoms with Gasteiger partial charge in [0.25, 0.3) is 0 Å². The molecule has 1 aromatic carbocycles. The van der Waals surface area contributed by atoms with Crippen LogP contribution in [0, 0.1) is 6.92 Å². The topological polar surface area (TPSA) is 92.2 Å². The summed E-state index contributed by atoms with van der Waals surface area (Å²) in [5.74, 6) is 1.47. The third-order valence-electron chi connectivity index (χ3n) is 4.65. The van der Waals surface area contributed by atoms with E-state index in [0.29, 0.717) is 12.0 Å². The molecular formula is C18H19N7O. The van der Waals surface area contributed by atoms with E-state index in [4.69, 9.17) is 4.74 Å². The SMILES string of the molecule is Cc1n[nH]c2cc(Nc3nc4cccc(NC5CCOC5)n4n3)ccc12. The molecule has 0 bridgehead atoms. The zero-order valence-electron chi connectivity index (χ0n) is 14.4. The van der Waals surface area contributed by atoms with Crippen molar-refractivity contribution in [3.63, 3.8) is 0 Å². The minimum atomic E-state index is 0.312. The number of nitrogens with zero attached hydrogens (tertiary/aromatic N) is 4. The summed E-state index contributed by atoms with van der Waals surface area (Å²) < 4.78 is 7.25. The summed E-state index contributed by atoms with van der Waals surface area (Å²) in [4.78, 5) is 4.57. The maximum atomic E-state index is 5.43. The first-order chi connectivity index (χ1) is 12.8. The van der Waals surface area contributed by atoms with Gasteiger partial charge in [0.1, 0.15) is 5.82 Å². The highest BCUT2D eigenvalue weighted by Crippen LogP contribution is 2.23. The number of pyridine rings is 1. The van der Waals surface area contributed by atoms with Gasteiger partial charge in [0.05, 0.1) is 23.9 Å². The van der Waals surface area contributed by atoms with E-state index in [1.165, 1.54) is 0 Å². The van der Waals surface area contributed by atoms with Crippen LogP contribution >= 0.6 is 0 Å². The first-order valence-electron chi connectivity index (χ1n) is 8.68. The second kappa shape index (κ2) is 5.99. The Balaban J connectivity index is 1.44. The van der Waals surface area contributed by atoms with Crippen LogP contribution in [0.5, 0.6) is 0 Å². The molecule has 26 heavy (non-hydrogen) atoms. The first kappa shape index (κ1) is 15.2. The zero-order chi connectivity index (χ0) is 17.5. The summed E-state index contributed by atoms with van der Waals surface area (Å²) in [5.41, 5.74) is 3.68. The van der Waals surface area contributed by atoms with Crippen LogP contribution in [0.4, 0.5) is 17.5 Å². The van der Waals surface area contributed by atoms with Crippen molar-refractivity contribution in [3.8, 4) is 0 Å². The Hall–Kier alpha value is -3.13. The molecule has 4 heterocycles. The van der Waals surface area contributed by atoms with Gasteiger partial charge < -0.3 is 15.4 Å². The zero-order valence-corrected chi connectivity index (χ0v) is 14.4. The predicted molar refractivity (Wildman–Crippen MR) is 99.9 cm³/mol. The number of rotatable bonds is 4. The number of anilines is 3. The van der Waals surface area contributed by atoms with Crippen molar-refractivity contribution in [1.29, 1.82) is 0 Å². The maximum Gasteiger partial charge on any atom is 0.247 e. The van der Waals surface area contributed by atoms with E-state index in [9.17, 15) is 0 Å². The normalized spacial score (nSPS) is 17.2. The van der Waals surface area contributed by atoms with Crippen molar-refractivity contribution in [2.75, 3.05) is 23.8 Å². The number of hydrogen-bond donors (Lipinski definition) is 3. The smallest absolute Gasteiger partial charge is 0.247 e. The van der Waals surface area contributed by atoms with Crippen molar-refractivity contribution in [2.45, 2.75) is 19.4 Å². The van der Waals surface area contributed by atoms with Gasteiger partial charge in [-0.25, -0.2) is 0 Å². The number of hydrogen-bond acceptors (Lipinski definition) is 6. The molecule has 0 radical (unpaired) electrons. The summed E-state index contributed by atoms with van der Waals surface area (Å²) in [5, 5.41) is 19.7. The number of ether oxygens (including phenoxy) is 1. The van der Waals surface area contributed by atoms with Gasteiger partial charge in [0, 0.05) is 17.7 Å². The van der Waals surface area contributed by atoms with Crippen molar-refractivity contribution in [3.05, 3.63) is 42.1 Å². The molecule has 3 N–H and O–H groups in total. The summed E-state index contributed by atoms with van der Waals surface area (Å²) in [7, 11) is 0. The molecule has 4 aromatic rings. The van der Waals surface area contributed by atoms with E-state index in [2.05, 4.69) is 30.9 Å². The second-order valence-corrected chi connectivity index (χ2v) is 6.52. The molecule has 0 amide bonds. The molecule has 1 aliphatic heterocycles. The fourth-order valence-corrected chi connectivity index (χ4v) is 3.29. The van der Waals surface area contributed by atoms with Crippen LogP contribution in [0.3, 0.4) is 0 Å². The Kier molecular flexibility index (Phi) is 3.49. The molecule has 1 unspecified atom stereocenters. The number of H-pyrrole nitrogens is 1. The minimum Gasteiger partial charge on any atom is -0.379 e. The van der Waals surface area contributed by atoms with Crippen LogP contribution in [0.1, 0.15) is 12.1 Å². The highest BCUT2D eigenvalue weighted by atomic mass is 16.5. The third kappa shape index (κ3) is 2.64.